The zero-order valence-corrected chi connectivity index (χ0v) is 23.5. The number of nitrogens with zero attached hydrogens (tertiary/aromatic N) is 2. The second-order valence-corrected chi connectivity index (χ2v) is 10.8. The minimum atomic E-state index is -3.92. The molecular formula is C29H35N3O6S. The van der Waals surface area contributed by atoms with Crippen LogP contribution in [0.3, 0.4) is 0 Å². The lowest BCUT2D eigenvalue weighted by molar-refractivity contribution is -0.140. The van der Waals surface area contributed by atoms with Crippen LogP contribution in [0.4, 0.5) is 5.69 Å². The maximum atomic E-state index is 14.0. The van der Waals surface area contributed by atoms with Crippen molar-refractivity contribution in [3.63, 3.8) is 0 Å². The second kappa shape index (κ2) is 13.7. The Hall–Kier alpha value is -4.05. The standard InChI is InChI=1S/C29H35N3O6S/c1-5-30-29(34)26(18-22-12-8-6-9-13-22)31(20-23-14-10-7-11-15-23)28(33)21-32(39(4,35)36)25-17-16-24(37-2)19-27(25)38-3/h6-17,19,26H,5,18,20-21H2,1-4H3,(H,30,34)/t26-/m1/s1. The number of ether oxygens (including phenoxy) is 2. The summed E-state index contributed by atoms with van der Waals surface area (Å²) in [5.74, 6) is -0.153. The normalized spacial score (nSPS) is 11.8. The number of hydrogen-bond donors (Lipinski definition) is 1. The van der Waals surface area contributed by atoms with Crippen molar-refractivity contribution in [2.75, 3.05) is 37.9 Å². The smallest absolute Gasteiger partial charge is 0.244 e. The number of likely N-dealkylation sites (N-methyl/N-ethyl adjacent to an activating group) is 1. The molecule has 0 aliphatic rings. The summed E-state index contributed by atoms with van der Waals surface area (Å²) in [6.45, 7) is 1.78. The van der Waals surface area contributed by atoms with Gasteiger partial charge in [-0.2, -0.15) is 0 Å². The summed E-state index contributed by atoms with van der Waals surface area (Å²) in [5, 5.41) is 2.83. The van der Waals surface area contributed by atoms with Crippen molar-refractivity contribution >= 4 is 27.5 Å². The molecule has 0 spiro atoms. The van der Waals surface area contributed by atoms with Crippen LogP contribution in [0.25, 0.3) is 0 Å². The highest BCUT2D eigenvalue weighted by Crippen LogP contribution is 2.33. The molecule has 3 aromatic rings. The summed E-state index contributed by atoms with van der Waals surface area (Å²) in [5.41, 5.74) is 1.86. The molecule has 0 saturated carbocycles. The number of nitrogens with one attached hydrogen (secondary N) is 1. The third-order valence-electron chi connectivity index (χ3n) is 6.15. The number of methoxy groups -OCH3 is 2. The Morgan fingerprint density at radius 2 is 1.51 bits per heavy atom. The zero-order valence-electron chi connectivity index (χ0n) is 22.7. The number of sulfonamides is 1. The highest BCUT2D eigenvalue weighted by Gasteiger charge is 2.33. The van der Waals surface area contributed by atoms with Crippen molar-refractivity contribution in [3.05, 3.63) is 90.0 Å². The van der Waals surface area contributed by atoms with E-state index >= 15 is 0 Å². The van der Waals surface area contributed by atoms with E-state index in [-0.39, 0.29) is 30.3 Å². The average molecular weight is 554 g/mol. The Morgan fingerprint density at radius 1 is 0.897 bits per heavy atom. The molecule has 1 N–H and O–H groups in total. The van der Waals surface area contributed by atoms with E-state index in [0.717, 1.165) is 21.7 Å². The Balaban J connectivity index is 2.05. The third-order valence-corrected chi connectivity index (χ3v) is 7.28. The summed E-state index contributed by atoms with van der Waals surface area (Å²) in [4.78, 5) is 28.8. The summed E-state index contributed by atoms with van der Waals surface area (Å²) >= 11 is 0. The Morgan fingerprint density at radius 3 is 2.05 bits per heavy atom. The van der Waals surface area contributed by atoms with E-state index in [4.69, 9.17) is 9.47 Å². The first-order valence-electron chi connectivity index (χ1n) is 12.5. The quantitative estimate of drug-likeness (QED) is 0.349. The lowest BCUT2D eigenvalue weighted by Gasteiger charge is -2.33. The number of carbonyl (C=O) groups excluding carboxylic acids is 2. The molecule has 0 radical (unpaired) electrons. The molecule has 1 atom stereocenters. The van der Waals surface area contributed by atoms with Crippen molar-refractivity contribution in [3.8, 4) is 11.5 Å². The molecule has 3 aromatic carbocycles. The van der Waals surface area contributed by atoms with Gasteiger partial charge in [-0.25, -0.2) is 8.42 Å². The van der Waals surface area contributed by atoms with Gasteiger partial charge in [-0.15, -0.1) is 0 Å². The van der Waals surface area contributed by atoms with Crippen molar-refractivity contribution in [1.82, 2.24) is 10.2 Å². The molecule has 3 rings (SSSR count). The van der Waals surface area contributed by atoms with Gasteiger partial charge in [-0.1, -0.05) is 60.7 Å². The molecule has 0 unspecified atom stereocenters. The summed E-state index contributed by atoms with van der Waals surface area (Å²) in [7, 11) is -1.02. The Kier molecular flexibility index (Phi) is 10.3. The monoisotopic (exact) mass is 553 g/mol. The van der Waals surface area contributed by atoms with Gasteiger partial charge in [0.1, 0.15) is 24.1 Å². The SMILES string of the molecule is CCNC(=O)[C@@H](Cc1ccccc1)N(Cc1ccccc1)C(=O)CN(c1ccc(OC)cc1OC)S(C)(=O)=O. The molecule has 208 valence electrons. The van der Waals surface area contributed by atoms with Gasteiger partial charge >= 0.3 is 0 Å². The van der Waals surface area contributed by atoms with Crippen LogP contribution < -0.4 is 19.1 Å². The highest BCUT2D eigenvalue weighted by molar-refractivity contribution is 7.92. The molecule has 0 aliphatic heterocycles. The van der Waals surface area contributed by atoms with E-state index in [1.807, 2.05) is 67.6 Å². The molecular weight excluding hydrogens is 518 g/mol. The van der Waals surface area contributed by atoms with E-state index in [2.05, 4.69) is 5.32 Å². The first-order chi connectivity index (χ1) is 18.7. The van der Waals surface area contributed by atoms with Crippen molar-refractivity contribution in [1.29, 1.82) is 0 Å². The predicted molar refractivity (Wildman–Crippen MR) is 151 cm³/mol. The number of benzene rings is 3. The molecule has 0 bridgehead atoms. The van der Waals surface area contributed by atoms with Crippen LogP contribution in [0.2, 0.25) is 0 Å². The van der Waals surface area contributed by atoms with Gasteiger partial charge in [0.15, 0.2) is 0 Å². The molecule has 0 heterocycles. The van der Waals surface area contributed by atoms with Crippen molar-refractivity contribution < 1.29 is 27.5 Å². The zero-order chi connectivity index (χ0) is 28.4. The van der Waals surface area contributed by atoms with E-state index in [0.29, 0.717) is 12.3 Å². The number of hydrogen-bond acceptors (Lipinski definition) is 6. The van der Waals surface area contributed by atoms with Crippen LogP contribution in [0.1, 0.15) is 18.1 Å². The van der Waals surface area contributed by atoms with Gasteiger partial charge in [-0.05, 0) is 30.2 Å². The fraction of sp³-hybridized carbons (Fsp3) is 0.310. The first-order valence-corrected chi connectivity index (χ1v) is 14.4. The maximum Gasteiger partial charge on any atom is 0.244 e. The molecule has 2 amide bonds. The Labute approximate surface area is 230 Å². The van der Waals surface area contributed by atoms with Gasteiger partial charge in [0, 0.05) is 25.6 Å². The van der Waals surface area contributed by atoms with Crippen molar-refractivity contribution in [2.45, 2.75) is 25.9 Å². The van der Waals surface area contributed by atoms with Crippen molar-refractivity contribution in [2.24, 2.45) is 0 Å². The number of carbonyl (C=O) groups is 2. The van der Waals surface area contributed by atoms with Gasteiger partial charge in [0.2, 0.25) is 21.8 Å². The topological polar surface area (TPSA) is 105 Å². The summed E-state index contributed by atoms with van der Waals surface area (Å²) < 4.78 is 37.6. The second-order valence-electron chi connectivity index (χ2n) is 8.91. The number of anilines is 1. The lowest BCUT2D eigenvalue weighted by atomic mass is 10.0. The largest absolute Gasteiger partial charge is 0.497 e. The molecule has 0 saturated heterocycles. The summed E-state index contributed by atoms with van der Waals surface area (Å²) in [6.07, 6.45) is 1.28. The number of amides is 2. The molecule has 0 aliphatic carbocycles. The molecule has 10 heteroatoms. The van der Waals surface area contributed by atoms with E-state index in [9.17, 15) is 18.0 Å². The Bertz CT molecular complexity index is 1350. The van der Waals surface area contributed by atoms with E-state index < -0.39 is 28.5 Å². The minimum Gasteiger partial charge on any atom is -0.497 e. The fourth-order valence-corrected chi connectivity index (χ4v) is 5.06. The third kappa shape index (κ3) is 7.97. The van der Waals surface area contributed by atoms with Gasteiger partial charge < -0.3 is 19.7 Å². The van der Waals surface area contributed by atoms with Gasteiger partial charge in [0.25, 0.3) is 0 Å². The first kappa shape index (κ1) is 29.5. The van der Waals surface area contributed by atoms with Crippen LogP contribution in [0.5, 0.6) is 11.5 Å². The predicted octanol–water partition coefficient (Wildman–Crippen LogP) is 3.25. The van der Waals surface area contributed by atoms with Crippen LogP contribution in [-0.4, -0.2) is 64.7 Å². The van der Waals surface area contributed by atoms with E-state index in [1.165, 1.54) is 25.2 Å². The average Bonchev–Trinajstić information content (AvgIpc) is 2.93. The lowest BCUT2D eigenvalue weighted by Crippen LogP contribution is -2.53. The maximum absolute atomic E-state index is 14.0. The molecule has 0 fully saturated rings. The van der Waals surface area contributed by atoms with Crippen LogP contribution in [0.15, 0.2) is 78.9 Å². The highest BCUT2D eigenvalue weighted by atomic mass is 32.2. The molecule has 9 nitrogen and oxygen atoms in total. The fourth-order valence-electron chi connectivity index (χ4n) is 4.21. The van der Waals surface area contributed by atoms with E-state index in [1.54, 1.807) is 12.1 Å². The van der Waals surface area contributed by atoms with Crippen LogP contribution >= 0.6 is 0 Å². The molecule has 0 aromatic heterocycles. The summed E-state index contributed by atoms with van der Waals surface area (Å²) in [6, 6.07) is 22.5. The molecule has 39 heavy (non-hydrogen) atoms. The van der Waals surface area contributed by atoms with Gasteiger partial charge in [-0.3, -0.25) is 13.9 Å². The van der Waals surface area contributed by atoms with Crippen LogP contribution in [0, 0.1) is 0 Å². The van der Waals surface area contributed by atoms with Gasteiger partial charge in [0.05, 0.1) is 26.2 Å². The minimum absolute atomic E-state index is 0.117. The van der Waals surface area contributed by atoms with Crippen LogP contribution in [-0.2, 0) is 32.6 Å². The number of rotatable bonds is 13.